The van der Waals surface area contributed by atoms with E-state index in [-0.39, 0.29) is 0 Å². The maximum Gasteiger partial charge on any atom is 0.160 e. The summed E-state index contributed by atoms with van der Waals surface area (Å²) in [4.78, 5) is 9.26. The second-order valence-corrected chi connectivity index (χ2v) is 11.0. The minimum Gasteiger partial charge on any atom is -0.371 e. The Morgan fingerprint density at radius 1 is 1.08 bits per heavy atom. The van der Waals surface area contributed by atoms with Crippen LogP contribution in [0.15, 0.2) is 42.7 Å². The lowest BCUT2D eigenvalue weighted by molar-refractivity contribution is 0.293. The van der Waals surface area contributed by atoms with Gasteiger partial charge in [-0.25, -0.2) is 0 Å². The van der Waals surface area contributed by atoms with Crippen molar-refractivity contribution in [2.45, 2.75) is 77.8 Å². The fourth-order valence-corrected chi connectivity index (χ4v) is 6.41. The summed E-state index contributed by atoms with van der Waals surface area (Å²) in [5, 5.41) is 15.5. The predicted molar refractivity (Wildman–Crippen MR) is 148 cm³/mol. The van der Waals surface area contributed by atoms with E-state index in [4.69, 9.17) is 5.10 Å². The van der Waals surface area contributed by atoms with Gasteiger partial charge in [-0.15, -0.1) is 0 Å². The Morgan fingerprint density at radius 3 is 2.65 bits per heavy atom. The third-order valence-electron chi connectivity index (χ3n) is 8.46. The molecule has 0 unspecified atom stereocenters. The van der Waals surface area contributed by atoms with Crippen molar-refractivity contribution in [3.8, 4) is 17.2 Å². The Kier molecular flexibility index (Phi) is 6.24. The molecule has 3 aliphatic rings. The number of pyridine rings is 1. The Hall–Kier alpha value is -3.59. The highest BCUT2D eigenvalue weighted by Crippen LogP contribution is 2.42. The van der Waals surface area contributed by atoms with Gasteiger partial charge in [0, 0.05) is 71.7 Å². The van der Waals surface area contributed by atoms with Crippen molar-refractivity contribution in [2.75, 3.05) is 18.0 Å². The van der Waals surface area contributed by atoms with Crippen LogP contribution in [0.2, 0.25) is 0 Å². The first-order valence-electron chi connectivity index (χ1n) is 13.8. The largest absolute Gasteiger partial charge is 0.371 e. The van der Waals surface area contributed by atoms with Gasteiger partial charge in [0.25, 0.3) is 0 Å². The summed E-state index contributed by atoms with van der Waals surface area (Å²) >= 11 is 0. The Bertz CT molecular complexity index is 1370. The van der Waals surface area contributed by atoms with Crippen LogP contribution in [0.3, 0.4) is 0 Å². The maximum atomic E-state index is 10.1. The Morgan fingerprint density at radius 2 is 1.92 bits per heavy atom. The fraction of sp³-hybridized carbons (Fsp3) is 0.452. The smallest absolute Gasteiger partial charge is 0.160 e. The van der Waals surface area contributed by atoms with Crippen molar-refractivity contribution in [2.24, 2.45) is 0 Å². The molecule has 190 valence electrons. The van der Waals surface area contributed by atoms with Crippen molar-refractivity contribution >= 4 is 11.5 Å². The highest BCUT2D eigenvalue weighted by molar-refractivity contribution is 5.78. The number of anilines is 2. The summed E-state index contributed by atoms with van der Waals surface area (Å²) in [5.74, 6) is 1.08. The van der Waals surface area contributed by atoms with Crippen LogP contribution in [0, 0.1) is 18.3 Å². The SMILES string of the molecule is C=C(C)N1CCc2c(c(N3CCCc4cc(-c5ccc(C)nc5)c(C#N)cc43)nn2C2CCCCC2)C1. The number of rotatable bonds is 4. The van der Waals surface area contributed by atoms with Crippen LogP contribution >= 0.6 is 0 Å². The van der Waals surface area contributed by atoms with E-state index in [2.05, 4.69) is 57.2 Å². The molecule has 1 aromatic carbocycles. The van der Waals surface area contributed by atoms with Gasteiger partial charge in [0.15, 0.2) is 5.82 Å². The molecule has 2 aromatic heterocycles. The molecule has 6 rings (SSSR count). The fourth-order valence-electron chi connectivity index (χ4n) is 6.41. The molecule has 0 radical (unpaired) electrons. The molecule has 2 aliphatic heterocycles. The molecular formula is C31H36N6. The zero-order valence-corrected chi connectivity index (χ0v) is 22.1. The van der Waals surface area contributed by atoms with Gasteiger partial charge in [0.1, 0.15) is 0 Å². The highest BCUT2D eigenvalue weighted by Gasteiger charge is 2.33. The molecule has 37 heavy (non-hydrogen) atoms. The molecule has 0 saturated heterocycles. The van der Waals surface area contributed by atoms with Crippen molar-refractivity contribution in [3.63, 3.8) is 0 Å². The molecular weight excluding hydrogens is 456 g/mol. The molecule has 6 nitrogen and oxygen atoms in total. The number of nitrogens with zero attached hydrogens (tertiary/aromatic N) is 6. The number of hydrogen-bond donors (Lipinski definition) is 0. The van der Waals surface area contributed by atoms with Crippen molar-refractivity contribution < 1.29 is 0 Å². The first-order chi connectivity index (χ1) is 18.0. The van der Waals surface area contributed by atoms with Gasteiger partial charge in [-0.2, -0.15) is 10.4 Å². The third kappa shape index (κ3) is 4.31. The number of allylic oxidation sites excluding steroid dienone is 1. The molecule has 0 atom stereocenters. The monoisotopic (exact) mass is 492 g/mol. The van der Waals surface area contributed by atoms with Gasteiger partial charge in [-0.1, -0.05) is 31.9 Å². The minimum absolute atomic E-state index is 0.503. The summed E-state index contributed by atoms with van der Waals surface area (Å²) in [6.07, 6.45) is 11.3. The lowest BCUT2D eigenvalue weighted by atomic mass is 9.92. The van der Waals surface area contributed by atoms with Crippen LogP contribution in [-0.2, 0) is 19.4 Å². The third-order valence-corrected chi connectivity index (χ3v) is 8.46. The Labute approximate surface area is 220 Å². The number of nitriles is 1. The topological polar surface area (TPSA) is 61.0 Å². The van der Waals surface area contributed by atoms with E-state index in [0.29, 0.717) is 11.6 Å². The zero-order chi connectivity index (χ0) is 25.5. The van der Waals surface area contributed by atoms with Crippen LogP contribution in [0.1, 0.15) is 79.6 Å². The van der Waals surface area contributed by atoms with E-state index in [1.807, 2.05) is 19.2 Å². The number of aromatic nitrogens is 3. The van der Waals surface area contributed by atoms with E-state index >= 15 is 0 Å². The molecule has 1 saturated carbocycles. The second-order valence-electron chi connectivity index (χ2n) is 11.0. The van der Waals surface area contributed by atoms with Crippen molar-refractivity contribution in [1.82, 2.24) is 19.7 Å². The molecule has 1 fully saturated rings. The summed E-state index contributed by atoms with van der Waals surface area (Å²) in [7, 11) is 0. The van der Waals surface area contributed by atoms with Gasteiger partial charge < -0.3 is 9.80 Å². The summed E-state index contributed by atoms with van der Waals surface area (Å²) in [5.41, 5.74) is 9.94. The summed E-state index contributed by atoms with van der Waals surface area (Å²) in [6, 6.07) is 11.4. The van der Waals surface area contributed by atoms with Crippen LogP contribution in [0.4, 0.5) is 11.5 Å². The van der Waals surface area contributed by atoms with Crippen molar-refractivity contribution in [3.05, 3.63) is 70.8 Å². The first kappa shape index (κ1) is 23.8. The molecule has 0 spiro atoms. The standard InChI is InChI=1S/C31H36N6/c1-21(2)35-15-13-29-28(20-35)31(34-37(29)26-9-5-4-6-10-26)36-14-7-8-23-16-27(25(18-32)17-30(23)36)24-12-11-22(3)33-19-24/h11-12,16-17,19,26H,1,4-10,13-15,20H2,2-3H3. The van der Waals surface area contributed by atoms with E-state index < -0.39 is 0 Å². The number of hydrogen-bond acceptors (Lipinski definition) is 5. The van der Waals surface area contributed by atoms with E-state index in [9.17, 15) is 5.26 Å². The lowest BCUT2D eigenvalue weighted by Gasteiger charge is -2.34. The van der Waals surface area contributed by atoms with E-state index in [1.54, 1.807) is 0 Å². The van der Waals surface area contributed by atoms with Crippen LogP contribution in [0.5, 0.6) is 0 Å². The van der Waals surface area contributed by atoms with Crippen LogP contribution < -0.4 is 4.90 Å². The molecule has 1 aliphatic carbocycles. The summed E-state index contributed by atoms with van der Waals surface area (Å²) in [6.45, 7) is 11.1. The van der Waals surface area contributed by atoms with Gasteiger partial charge in [0.2, 0.25) is 0 Å². The normalized spacial score (nSPS) is 17.8. The van der Waals surface area contributed by atoms with E-state index in [0.717, 1.165) is 72.9 Å². The molecule has 0 bridgehead atoms. The average Bonchev–Trinajstić information content (AvgIpc) is 3.31. The van der Waals surface area contributed by atoms with Gasteiger partial charge in [-0.3, -0.25) is 9.67 Å². The molecule has 3 aromatic rings. The Balaban J connectivity index is 1.45. The lowest BCUT2D eigenvalue weighted by Crippen LogP contribution is -2.31. The van der Waals surface area contributed by atoms with E-state index in [1.165, 1.54) is 48.9 Å². The molecule has 0 amide bonds. The first-order valence-corrected chi connectivity index (χ1v) is 13.8. The highest BCUT2D eigenvalue weighted by atomic mass is 15.4. The minimum atomic E-state index is 0.503. The van der Waals surface area contributed by atoms with Crippen LogP contribution in [0.25, 0.3) is 11.1 Å². The average molecular weight is 493 g/mol. The molecule has 4 heterocycles. The molecule has 0 N–H and O–H groups in total. The molecule has 6 heteroatoms. The van der Waals surface area contributed by atoms with Crippen LogP contribution in [-0.4, -0.2) is 32.8 Å². The number of benzene rings is 1. The quantitative estimate of drug-likeness (QED) is 0.410. The van der Waals surface area contributed by atoms with Gasteiger partial charge in [0.05, 0.1) is 17.7 Å². The van der Waals surface area contributed by atoms with Crippen molar-refractivity contribution in [1.29, 1.82) is 5.26 Å². The number of aryl methyl sites for hydroxylation is 2. The predicted octanol–water partition coefficient (Wildman–Crippen LogP) is 6.61. The van der Waals surface area contributed by atoms with Gasteiger partial charge in [-0.05, 0) is 63.3 Å². The zero-order valence-electron chi connectivity index (χ0n) is 22.1. The second kappa shape index (κ2) is 9.70. The van der Waals surface area contributed by atoms with Gasteiger partial charge >= 0.3 is 0 Å². The number of fused-ring (bicyclic) bond motifs is 2. The maximum absolute atomic E-state index is 10.1. The summed E-state index contributed by atoms with van der Waals surface area (Å²) < 4.78 is 2.39.